The van der Waals surface area contributed by atoms with Crippen LogP contribution in [0.5, 0.6) is 0 Å². The monoisotopic (exact) mass is 244 g/mol. The van der Waals surface area contributed by atoms with E-state index in [1.54, 1.807) is 0 Å². The first-order valence-electron chi connectivity index (χ1n) is 6.19. The Hall–Kier alpha value is -0.220. The van der Waals surface area contributed by atoms with E-state index in [0.29, 0.717) is 12.0 Å². The molecule has 94 valence electrons. The van der Waals surface area contributed by atoms with Crippen molar-refractivity contribution in [3.63, 3.8) is 0 Å². The van der Waals surface area contributed by atoms with E-state index in [2.05, 4.69) is 33.0 Å². The van der Waals surface area contributed by atoms with Gasteiger partial charge in [0.2, 0.25) is 5.91 Å². The second-order valence-electron chi connectivity index (χ2n) is 4.73. The van der Waals surface area contributed by atoms with E-state index in [-0.39, 0.29) is 11.9 Å². The van der Waals surface area contributed by atoms with Crippen LogP contribution >= 0.6 is 11.8 Å². The SMILES string of the molecule is CCSCCC(C)N1CNC(C(C)C)C1=O. The largest absolute Gasteiger partial charge is 0.326 e. The molecule has 0 aliphatic carbocycles. The van der Waals surface area contributed by atoms with Gasteiger partial charge in [0.1, 0.15) is 0 Å². The molecule has 1 saturated heterocycles. The van der Waals surface area contributed by atoms with Crippen molar-refractivity contribution in [2.24, 2.45) is 5.92 Å². The molecule has 0 aromatic rings. The summed E-state index contributed by atoms with van der Waals surface area (Å²) >= 11 is 1.95. The number of amides is 1. The predicted molar refractivity (Wildman–Crippen MR) is 70.6 cm³/mol. The predicted octanol–water partition coefficient (Wildman–Crippen LogP) is 1.93. The normalized spacial score (nSPS) is 23.2. The van der Waals surface area contributed by atoms with Gasteiger partial charge in [0.15, 0.2) is 0 Å². The fraction of sp³-hybridized carbons (Fsp3) is 0.917. The van der Waals surface area contributed by atoms with Gasteiger partial charge in [-0.25, -0.2) is 0 Å². The number of hydrogen-bond donors (Lipinski definition) is 1. The Labute approximate surface area is 103 Å². The van der Waals surface area contributed by atoms with Gasteiger partial charge in [0.25, 0.3) is 0 Å². The number of carbonyl (C=O) groups excluding carboxylic acids is 1. The van der Waals surface area contributed by atoms with Gasteiger partial charge in [-0.15, -0.1) is 0 Å². The average molecular weight is 244 g/mol. The van der Waals surface area contributed by atoms with Crippen molar-refractivity contribution in [2.75, 3.05) is 18.2 Å². The number of rotatable bonds is 6. The highest BCUT2D eigenvalue weighted by molar-refractivity contribution is 7.99. The standard InChI is InChI=1S/C12H24N2OS/c1-5-16-7-6-10(4)14-8-13-11(9(2)3)12(14)15/h9-11,13H,5-8H2,1-4H3. The molecule has 0 aromatic heterocycles. The molecule has 0 spiro atoms. The van der Waals surface area contributed by atoms with E-state index in [0.717, 1.165) is 24.6 Å². The number of thioether (sulfide) groups is 1. The summed E-state index contributed by atoms with van der Waals surface area (Å²) in [5.41, 5.74) is 0. The van der Waals surface area contributed by atoms with Crippen molar-refractivity contribution in [3.8, 4) is 0 Å². The number of carbonyl (C=O) groups is 1. The lowest BCUT2D eigenvalue weighted by atomic mass is 10.0. The molecule has 0 radical (unpaired) electrons. The number of hydrogen-bond acceptors (Lipinski definition) is 3. The zero-order valence-electron chi connectivity index (χ0n) is 10.8. The van der Waals surface area contributed by atoms with Crippen molar-refractivity contribution in [1.82, 2.24) is 10.2 Å². The van der Waals surface area contributed by atoms with Crippen molar-refractivity contribution in [1.29, 1.82) is 0 Å². The summed E-state index contributed by atoms with van der Waals surface area (Å²) in [4.78, 5) is 14.1. The van der Waals surface area contributed by atoms with Crippen LogP contribution in [0.4, 0.5) is 0 Å². The topological polar surface area (TPSA) is 32.3 Å². The maximum absolute atomic E-state index is 12.1. The molecule has 2 unspecified atom stereocenters. The zero-order valence-corrected chi connectivity index (χ0v) is 11.6. The molecule has 2 atom stereocenters. The highest BCUT2D eigenvalue weighted by atomic mass is 32.2. The molecule has 1 N–H and O–H groups in total. The molecule has 1 amide bonds. The summed E-state index contributed by atoms with van der Waals surface area (Å²) in [6, 6.07) is 0.393. The van der Waals surface area contributed by atoms with Crippen LogP contribution in [-0.2, 0) is 4.79 Å². The van der Waals surface area contributed by atoms with E-state index < -0.39 is 0 Å². The smallest absolute Gasteiger partial charge is 0.241 e. The van der Waals surface area contributed by atoms with Crippen LogP contribution in [0.1, 0.15) is 34.1 Å². The first-order chi connectivity index (χ1) is 7.57. The second-order valence-corrected chi connectivity index (χ2v) is 6.12. The second kappa shape index (κ2) is 6.50. The molecular weight excluding hydrogens is 220 g/mol. The molecule has 1 heterocycles. The first kappa shape index (κ1) is 13.8. The Balaban J connectivity index is 2.40. The maximum atomic E-state index is 12.1. The summed E-state index contributed by atoms with van der Waals surface area (Å²) in [5.74, 6) is 2.97. The lowest BCUT2D eigenvalue weighted by Crippen LogP contribution is -2.38. The van der Waals surface area contributed by atoms with E-state index in [4.69, 9.17) is 0 Å². The first-order valence-corrected chi connectivity index (χ1v) is 7.35. The molecule has 0 saturated carbocycles. The lowest BCUT2D eigenvalue weighted by molar-refractivity contribution is -0.131. The van der Waals surface area contributed by atoms with E-state index >= 15 is 0 Å². The molecular formula is C12H24N2OS. The molecule has 16 heavy (non-hydrogen) atoms. The van der Waals surface area contributed by atoms with Crippen molar-refractivity contribution in [3.05, 3.63) is 0 Å². The van der Waals surface area contributed by atoms with Gasteiger partial charge >= 0.3 is 0 Å². The fourth-order valence-electron chi connectivity index (χ4n) is 1.99. The quantitative estimate of drug-likeness (QED) is 0.725. The molecule has 0 aromatic carbocycles. The Bertz CT molecular complexity index is 233. The van der Waals surface area contributed by atoms with E-state index in [1.165, 1.54) is 0 Å². The molecule has 1 aliphatic heterocycles. The maximum Gasteiger partial charge on any atom is 0.241 e. The molecule has 1 aliphatic rings. The molecule has 1 fully saturated rings. The third kappa shape index (κ3) is 3.39. The van der Waals surface area contributed by atoms with Crippen molar-refractivity contribution in [2.45, 2.75) is 46.2 Å². The summed E-state index contributed by atoms with van der Waals surface area (Å²) in [5, 5.41) is 3.30. The molecule has 4 heteroatoms. The van der Waals surface area contributed by atoms with Gasteiger partial charge in [-0.2, -0.15) is 11.8 Å². The minimum atomic E-state index is 0.0290. The van der Waals surface area contributed by atoms with Crippen molar-refractivity contribution >= 4 is 17.7 Å². The Morgan fingerprint density at radius 1 is 1.50 bits per heavy atom. The third-order valence-corrected chi connectivity index (χ3v) is 4.05. The van der Waals surface area contributed by atoms with Crippen LogP contribution in [0.25, 0.3) is 0 Å². The molecule has 3 nitrogen and oxygen atoms in total. The number of nitrogens with zero attached hydrogens (tertiary/aromatic N) is 1. The van der Waals surface area contributed by atoms with E-state index in [9.17, 15) is 4.79 Å². The van der Waals surface area contributed by atoms with Crippen LogP contribution in [0.3, 0.4) is 0 Å². The summed E-state index contributed by atoms with van der Waals surface area (Å²) in [6.45, 7) is 9.23. The van der Waals surface area contributed by atoms with Gasteiger partial charge in [-0.1, -0.05) is 20.8 Å². The van der Waals surface area contributed by atoms with Gasteiger partial charge in [-0.3, -0.25) is 10.1 Å². The van der Waals surface area contributed by atoms with Gasteiger partial charge in [0, 0.05) is 6.04 Å². The summed E-state index contributed by atoms with van der Waals surface area (Å²) in [7, 11) is 0. The summed E-state index contributed by atoms with van der Waals surface area (Å²) in [6.07, 6.45) is 1.09. The Morgan fingerprint density at radius 2 is 2.19 bits per heavy atom. The number of nitrogens with one attached hydrogen (secondary N) is 1. The van der Waals surface area contributed by atoms with Gasteiger partial charge in [-0.05, 0) is 30.8 Å². The lowest BCUT2D eigenvalue weighted by Gasteiger charge is -2.24. The Kier molecular flexibility index (Phi) is 5.62. The fourth-order valence-corrected chi connectivity index (χ4v) is 2.78. The average Bonchev–Trinajstić information content (AvgIpc) is 2.60. The van der Waals surface area contributed by atoms with Crippen LogP contribution in [0, 0.1) is 5.92 Å². The van der Waals surface area contributed by atoms with Crippen molar-refractivity contribution < 1.29 is 4.79 Å². The van der Waals surface area contributed by atoms with Gasteiger partial charge in [0.05, 0.1) is 12.7 Å². The highest BCUT2D eigenvalue weighted by Gasteiger charge is 2.35. The third-order valence-electron chi connectivity index (χ3n) is 3.11. The van der Waals surface area contributed by atoms with Crippen LogP contribution in [0.2, 0.25) is 0 Å². The zero-order chi connectivity index (χ0) is 12.1. The van der Waals surface area contributed by atoms with Crippen LogP contribution < -0.4 is 5.32 Å². The molecule has 0 bridgehead atoms. The van der Waals surface area contributed by atoms with Crippen LogP contribution in [-0.4, -0.2) is 41.1 Å². The molecule has 1 rings (SSSR count). The van der Waals surface area contributed by atoms with Gasteiger partial charge < -0.3 is 4.90 Å². The summed E-state index contributed by atoms with van der Waals surface area (Å²) < 4.78 is 0. The minimum Gasteiger partial charge on any atom is -0.326 e. The Morgan fingerprint density at radius 3 is 2.69 bits per heavy atom. The van der Waals surface area contributed by atoms with Crippen LogP contribution in [0.15, 0.2) is 0 Å². The highest BCUT2D eigenvalue weighted by Crippen LogP contribution is 2.17. The van der Waals surface area contributed by atoms with E-state index in [1.807, 2.05) is 16.7 Å². The minimum absolute atomic E-state index is 0.0290.